The number of ether oxygens (including phenoxy) is 1. The summed E-state index contributed by atoms with van der Waals surface area (Å²) in [5.74, 6) is -1.17. The molecule has 6 heteroatoms. The van der Waals surface area contributed by atoms with Crippen LogP contribution in [0.15, 0.2) is 0 Å². The monoisotopic (exact) mass is 284 g/mol. The molecule has 19 heavy (non-hydrogen) atoms. The average Bonchev–Trinajstić information content (AvgIpc) is 2.93. The van der Waals surface area contributed by atoms with Gasteiger partial charge in [-0.15, -0.1) is 11.3 Å². The molecule has 0 aromatic carbocycles. The van der Waals surface area contributed by atoms with E-state index in [9.17, 15) is 4.79 Å². The summed E-state index contributed by atoms with van der Waals surface area (Å²) in [4.78, 5) is 19.0. The minimum absolute atomic E-state index is 0.411. The topological polar surface area (TPSA) is 62.7 Å². The van der Waals surface area contributed by atoms with Crippen LogP contribution in [0.3, 0.4) is 0 Å². The van der Waals surface area contributed by atoms with Crippen LogP contribution < -0.4 is 4.90 Å². The average molecular weight is 284 g/mol. The smallest absolute Gasteiger partial charge is 0.312 e. The van der Waals surface area contributed by atoms with Crippen LogP contribution in [0, 0.1) is 0 Å². The fourth-order valence-corrected chi connectivity index (χ4v) is 3.52. The van der Waals surface area contributed by atoms with Crippen molar-refractivity contribution in [3.63, 3.8) is 0 Å². The maximum atomic E-state index is 11.2. The van der Waals surface area contributed by atoms with Crippen LogP contribution in [0.5, 0.6) is 0 Å². The first-order chi connectivity index (χ1) is 9.17. The lowest BCUT2D eigenvalue weighted by Crippen LogP contribution is -2.27. The summed E-state index contributed by atoms with van der Waals surface area (Å²) in [5.41, 5.74) is 0.780. The zero-order valence-electron chi connectivity index (χ0n) is 11.4. The second-order valence-electron chi connectivity index (χ2n) is 4.51. The van der Waals surface area contributed by atoms with Crippen molar-refractivity contribution in [3.05, 3.63) is 10.6 Å². The van der Waals surface area contributed by atoms with Gasteiger partial charge in [-0.3, -0.25) is 4.79 Å². The van der Waals surface area contributed by atoms with Crippen LogP contribution in [-0.4, -0.2) is 42.4 Å². The zero-order valence-corrected chi connectivity index (χ0v) is 12.2. The number of thiazole rings is 1. The molecule has 106 valence electrons. The molecule has 1 N–H and O–H groups in total. The molecule has 1 aromatic heterocycles. The number of carbonyl (C=O) groups is 1. The Bertz CT molecular complexity index is 447. The number of hydrogen-bond donors (Lipinski definition) is 1. The second kappa shape index (κ2) is 6.34. The van der Waals surface area contributed by atoms with Gasteiger partial charge < -0.3 is 14.7 Å². The predicted molar refractivity (Wildman–Crippen MR) is 75.2 cm³/mol. The van der Waals surface area contributed by atoms with Gasteiger partial charge in [-0.1, -0.05) is 0 Å². The lowest BCUT2D eigenvalue weighted by molar-refractivity contribution is -0.138. The van der Waals surface area contributed by atoms with E-state index in [1.165, 1.54) is 0 Å². The fraction of sp³-hybridized carbons (Fsp3) is 0.692. The molecule has 1 aromatic rings. The number of rotatable bonds is 7. The Morgan fingerprint density at radius 2 is 2.37 bits per heavy atom. The molecule has 0 saturated carbocycles. The summed E-state index contributed by atoms with van der Waals surface area (Å²) in [7, 11) is 0. The van der Waals surface area contributed by atoms with Crippen LogP contribution >= 0.6 is 11.3 Å². The molecule has 1 aliphatic carbocycles. The first-order valence-electron chi connectivity index (χ1n) is 6.72. The quantitative estimate of drug-likeness (QED) is 0.777. The first kappa shape index (κ1) is 14.3. The standard InChI is InChI=1S/C13H20N2O3S/c1-3-15(7-8-18-4-2)13-14-11-9(12(16)17)5-6-10(11)19-13/h9H,3-8H2,1-2H3,(H,16,17). The van der Waals surface area contributed by atoms with Gasteiger partial charge in [-0.2, -0.15) is 0 Å². The largest absolute Gasteiger partial charge is 0.481 e. The summed E-state index contributed by atoms with van der Waals surface area (Å²) < 4.78 is 5.37. The van der Waals surface area contributed by atoms with Crippen LogP contribution in [0.4, 0.5) is 5.13 Å². The number of nitrogens with zero attached hydrogens (tertiary/aromatic N) is 2. The number of aliphatic carboxylic acids is 1. The van der Waals surface area contributed by atoms with Crippen LogP contribution in [0.25, 0.3) is 0 Å². The van der Waals surface area contributed by atoms with Crippen molar-refractivity contribution in [3.8, 4) is 0 Å². The van der Waals surface area contributed by atoms with E-state index in [4.69, 9.17) is 9.84 Å². The molecular weight excluding hydrogens is 264 g/mol. The molecule has 0 bridgehead atoms. The van der Waals surface area contributed by atoms with Crippen molar-refractivity contribution >= 4 is 22.4 Å². The normalized spacial score (nSPS) is 17.5. The van der Waals surface area contributed by atoms with E-state index in [0.29, 0.717) is 19.6 Å². The number of anilines is 1. The van der Waals surface area contributed by atoms with Crippen LogP contribution in [-0.2, 0) is 16.0 Å². The van der Waals surface area contributed by atoms with E-state index in [1.807, 2.05) is 6.92 Å². The Labute approximate surface area is 117 Å². The van der Waals surface area contributed by atoms with Crippen molar-refractivity contribution in [1.82, 2.24) is 4.98 Å². The van der Waals surface area contributed by atoms with E-state index >= 15 is 0 Å². The molecule has 1 aliphatic rings. The molecule has 0 aliphatic heterocycles. The molecule has 0 fully saturated rings. The van der Waals surface area contributed by atoms with E-state index in [1.54, 1.807) is 11.3 Å². The Balaban J connectivity index is 2.09. The number of likely N-dealkylation sites (N-methyl/N-ethyl adjacent to an activating group) is 1. The van der Waals surface area contributed by atoms with Gasteiger partial charge in [0, 0.05) is 24.6 Å². The predicted octanol–water partition coefficient (Wildman–Crippen LogP) is 2.12. The summed E-state index contributed by atoms with van der Waals surface area (Å²) in [6.07, 6.45) is 1.53. The summed E-state index contributed by atoms with van der Waals surface area (Å²) >= 11 is 1.63. The van der Waals surface area contributed by atoms with E-state index in [0.717, 1.165) is 35.2 Å². The minimum atomic E-state index is -0.757. The number of carboxylic acid groups (broad SMARTS) is 1. The van der Waals surface area contributed by atoms with Gasteiger partial charge in [-0.25, -0.2) is 4.98 Å². The molecule has 0 radical (unpaired) electrons. The van der Waals surface area contributed by atoms with Gasteiger partial charge in [0.1, 0.15) is 5.92 Å². The van der Waals surface area contributed by atoms with Crippen LogP contribution in [0.2, 0.25) is 0 Å². The van der Waals surface area contributed by atoms with Gasteiger partial charge in [-0.05, 0) is 26.7 Å². The second-order valence-corrected chi connectivity index (χ2v) is 5.57. The Morgan fingerprint density at radius 3 is 3.00 bits per heavy atom. The zero-order chi connectivity index (χ0) is 13.8. The van der Waals surface area contributed by atoms with Crippen molar-refractivity contribution in [2.45, 2.75) is 32.6 Å². The fourth-order valence-electron chi connectivity index (χ4n) is 2.30. The number of hydrogen-bond acceptors (Lipinski definition) is 5. The molecule has 1 heterocycles. The number of carboxylic acids is 1. The van der Waals surface area contributed by atoms with E-state index in [2.05, 4.69) is 16.8 Å². The highest BCUT2D eigenvalue weighted by Gasteiger charge is 2.33. The van der Waals surface area contributed by atoms with Gasteiger partial charge in [0.15, 0.2) is 5.13 Å². The molecular formula is C13H20N2O3S. The van der Waals surface area contributed by atoms with Crippen molar-refractivity contribution < 1.29 is 14.6 Å². The number of aryl methyl sites for hydroxylation is 1. The molecule has 0 saturated heterocycles. The lowest BCUT2D eigenvalue weighted by Gasteiger charge is -2.19. The SMILES string of the molecule is CCOCCN(CC)c1nc2c(s1)CCC2C(=O)O. The number of fused-ring (bicyclic) bond motifs is 1. The lowest BCUT2D eigenvalue weighted by atomic mass is 10.1. The summed E-state index contributed by atoms with van der Waals surface area (Å²) in [6, 6.07) is 0. The third-order valence-electron chi connectivity index (χ3n) is 3.37. The van der Waals surface area contributed by atoms with E-state index < -0.39 is 11.9 Å². The Hall–Kier alpha value is -1.14. The maximum absolute atomic E-state index is 11.2. The molecule has 5 nitrogen and oxygen atoms in total. The summed E-state index contributed by atoms with van der Waals surface area (Å²) in [5, 5.41) is 10.1. The van der Waals surface area contributed by atoms with Gasteiger partial charge >= 0.3 is 5.97 Å². The summed E-state index contributed by atoms with van der Waals surface area (Å²) in [6.45, 7) is 7.11. The van der Waals surface area contributed by atoms with Gasteiger partial charge in [0.2, 0.25) is 0 Å². The van der Waals surface area contributed by atoms with E-state index in [-0.39, 0.29) is 0 Å². The molecule has 0 amide bonds. The third kappa shape index (κ3) is 3.06. The highest BCUT2D eigenvalue weighted by atomic mass is 32.1. The van der Waals surface area contributed by atoms with Crippen molar-refractivity contribution in [1.29, 1.82) is 0 Å². The molecule has 0 spiro atoms. The molecule has 2 rings (SSSR count). The van der Waals surface area contributed by atoms with Gasteiger partial charge in [0.25, 0.3) is 0 Å². The van der Waals surface area contributed by atoms with Gasteiger partial charge in [0.05, 0.1) is 12.3 Å². The molecule has 1 unspecified atom stereocenters. The Morgan fingerprint density at radius 1 is 1.58 bits per heavy atom. The minimum Gasteiger partial charge on any atom is -0.481 e. The van der Waals surface area contributed by atoms with Crippen molar-refractivity contribution in [2.24, 2.45) is 0 Å². The highest BCUT2D eigenvalue weighted by molar-refractivity contribution is 7.15. The van der Waals surface area contributed by atoms with Crippen molar-refractivity contribution in [2.75, 3.05) is 31.2 Å². The highest BCUT2D eigenvalue weighted by Crippen LogP contribution is 2.39. The third-order valence-corrected chi connectivity index (χ3v) is 4.56. The maximum Gasteiger partial charge on any atom is 0.312 e. The van der Waals surface area contributed by atoms with Crippen LogP contribution in [0.1, 0.15) is 36.8 Å². The number of aromatic nitrogens is 1. The first-order valence-corrected chi connectivity index (χ1v) is 7.54. The molecule has 1 atom stereocenters. The Kier molecular flexibility index (Phi) is 4.76.